The molecule has 0 saturated heterocycles. The minimum atomic E-state index is 0.0698. The highest BCUT2D eigenvalue weighted by Gasteiger charge is 2.16. The molecule has 0 fully saturated rings. The van der Waals surface area contributed by atoms with Crippen molar-refractivity contribution in [3.8, 4) is 0 Å². The minimum absolute atomic E-state index is 0.0698. The zero-order valence-corrected chi connectivity index (χ0v) is 14.6. The Morgan fingerprint density at radius 3 is 2.88 bits per heavy atom. The molecule has 3 rings (SSSR count). The van der Waals surface area contributed by atoms with Gasteiger partial charge in [-0.25, -0.2) is 4.98 Å². The summed E-state index contributed by atoms with van der Waals surface area (Å²) in [5.74, 6) is 0.890. The summed E-state index contributed by atoms with van der Waals surface area (Å²) in [6.07, 6.45) is 3.75. The predicted molar refractivity (Wildman–Crippen MR) is 95.1 cm³/mol. The number of hydrogen-bond acceptors (Lipinski definition) is 4. The van der Waals surface area contributed by atoms with Crippen molar-refractivity contribution in [3.05, 3.63) is 47.5 Å². The molecule has 0 saturated carbocycles. The molecule has 7 heteroatoms. The van der Waals surface area contributed by atoms with E-state index in [4.69, 9.17) is 11.6 Å². The Bertz CT molecular complexity index is 799. The van der Waals surface area contributed by atoms with E-state index in [9.17, 15) is 5.11 Å². The van der Waals surface area contributed by atoms with E-state index in [0.29, 0.717) is 18.1 Å². The van der Waals surface area contributed by atoms with E-state index in [1.54, 1.807) is 6.20 Å². The van der Waals surface area contributed by atoms with Gasteiger partial charge in [-0.15, -0.1) is 0 Å². The highest BCUT2D eigenvalue weighted by atomic mass is 35.5. The van der Waals surface area contributed by atoms with Gasteiger partial charge in [-0.1, -0.05) is 11.6 Å². The molecule has 2 atom stereocenters. The number of halogens is 1. The van der Waals surface area contributed by atoms with Crippen LogP contribution in [0.2, 0.25) is 5.02 Å². The Morgan fingerprint density at radius 1 is 1.33 bits per heavy atom. The summed E-state index contributed by atoms with van der Waals surface area (Å²) in [4.78, 5) is 4.67. The van der Waals surface area contributed by atoms with Crippen molar-refractivity contribution < 1.29 is 5.11 Å². The quantitative estimate of drug-likeness (QED) is 0.689. The van der Waals surface area contributed by atoms with Crippen LogP contribution >= 0.6 is 11.6 Å². The first-order valence-corrected chi connectivity index (χ1v) is 8.46. The summed E-state index contributed by atoms with van der Waals surface area (Å²) in [5.41, 5.74) is 1.83. The lowest BCUT2D eigenvalue weighted by molar-refractivity contribution is 0.274. The standard InChI is InChI=1S/C17H22ClN5O/c1-12(13(2)23-7-3-6-20-23)19-11-17-21-15-10-14(18)4-5-16(15)22(17)8-9-24/h3-7,10,12-13,19,24H,8-9,11H2,1-2H3. The van der Waals surface area contributed by atoms with Crippen LogP contribution in [0.4, 0.5) is 0 Å². The topological polar surface area (TPSA) is 67.9 Å². The first kappa shape index (κ1) is 17.0. The molecule has 0 aliphatic rings. The molecular weight excluding hydrogens is 326 g/mol. The van der Waals surface area contributed by atoms with Crippen molar-refractivity contribution in [2.45, 2.75) is 39.0 Å². The maximum absolute atomic E-state index is 9.36. The van der Waals surface area contributed by atoms with Crippen molar-refractivity contribution in [1.29, 1.82) is 0 Å². The summed E-state index contributed by atoms with van der Waals surface area (Å²) in [6.45, 7) is 5.45. The van der Waals surface area contributed by atoms with E-state index in [1.807, 2.05) is 39.7 Å². The van der Waals surface area contributed by atoms with Crippen LogP contribution in [0.1, 0.15) is 25.7 Å². The fourth-order valence-electron chi connectivity index (χ4n) is 2.81. The molecule has 0 spiro atoms. The number of hydrogen-bond donors (Lipinski definition) is 2. The number of nitrogens with zero attached hydrogens (tertiary/aromatic N) is 4. The number of nitrogens with one attached hydrogen (secondary N) is 1. The normalized spacial score (nSPS) is 14.2. The zero-order chi connectivity index (χ0) is 17.1. The lowest BCUT2D eigenvalue weighted by Gasteiger charge is -2.22. The molecule has 24 heavy (non-hydrogen) atoms. The minimum Gasteiger partial charge on any atom is -0.395 e. The average Bonchev–Trinajstić information content (AvgIpc) is 3.20. The van der Waals surface area contributed by atoms with Gasteiger partial charge in [0.25, 0.3) is 0 Å². The van der Waals surface area contributed by atoms with E-state index in [2.05, 4.69) is 29.2 Å². The maximum Gasteiger partial charge on any atom is 0.123 e. The third kappa shape index (κ3) is 3.45. The van der Waals surface area contributed by atoms with Crippen molar-refractivity contribution in [2.24, 2.45) is 0 Å². The number of rotatable bonds is 7. The monoisotopic (exact) mass is 347 g/mol. The van der Waals surface area contributed by atoms with Gasteiger partial charge in [0.05, 0.1) is 30.2 Å². The summed E-state index contributed by atoms with van der Waals surface area (Å²) >= 11 is 6.06. The van der Waals surface area contributed by atoms with Crippen LogP contribution in [0.15, 0.2) is 36.7 Å². The number of aliphatic hydroxyl groups is 1. The Balaban J connectivity index is 1.77. The fourth-order valence-corrected chi connectivity index (χ4v) is 2.98. The maximum atomic E-state index is 9.36. The first-order valence-electron chi connectivity index (χ1n) is 8.08. The Hall–Kier alpha value is -1.89. The summed E-state index contributed by atoms with van der Waals surface area (Å²) in [7, 11) is 0. The van der Waals surface area contributed by atoms with Crippen LogP contribution in [-0.4, -0.2) is 37.1 Å². The van der Waals surface area contributed by atoms with Crippen LogP contribution in [0.5, 0.6) is 0 Å². The fraction of sp³-hybridized carbons (Fsp3) is 0.412. The lowest BCUT2D eigenvalue weighted by atomic mass is 10.2. The SMILES string of the molecule is CC(NCc1nc2cc(Cl)ccc2n1CCO)C(C)n1cccn1. The first-order chi connectivity index (χ1) is 11.6. The lowest BCUT2D eigenvalue weighted by Crippen LogP contribution is -2.34. The molecular formula is C17H22ClN5O. The van der Waals surface area contributed by atoms with Gasteiger partial charge in [-0.2, -0.15) is 5.10 Å². The molecule has 0 radical (unpaired) electrons. The van der Waals surface area contributed by atoms with Gasteiger partial charge >= 0.3 is 0 Å². The number of benzene rings is 1. The average molecular weight is 348 g/mol. The molecule has 2 unspecified atom stereocenters. The summed E-state index contributed by atoms with van der Waals surface area (Å²) in [6, 6.07) is 8.01. The Morgan fingerprint density at radius 2 is 2.17 bits per heavy atom. The van der Waals surface area contributed by atoms with E-state index < -0.39 is 0 Å². The number of aromatic nitrogens is 4. The van der Waals surface area contributed by atoms with E-state index >= 15 is 0 Å². The number of fused-ring (bicyclic) bond motifs is 1. The summed E-state index contributed by atoms with van der Waals surface area (Å²) < 4.78 is 3.97. The van der Waals surface area contributed by atoms with Crippen LogP contribution in [0, 0.1) is 0 Å². The molecule has 6 nitrogen and oxygen atoms in total. The third-order valence-corrected chi connectivity index (χ3v) is 4.60. The molecule has 2 N–H and O–H groups in total. The van der Waals surface area contributed by atoms with Crippen LogP contribution in [0.3, 0.4) is 0 Å². The molecule has 1 aromatic carbocycles. The van der Waals surface area contributed by atoms with Gasteiger partial charge in [-0.05, 0) is 38.1 Å². The highest BCUT2D eigenvalue weighted by Crippen LogP contribution is 2.21. The van der Waals surface area contributed by atoms with Crippen molar-refractivity contribution in [3.63, 3.8) is 0 Å². The molecule has 2 aromatic heterocycles. The molecule has 128 valence electrons. The van der Waals surface area contributed by atoms with Crippen molar-refractivity contribution in [1.82, 2.24) is 24.6 Å². The third-order valence-electron chi connectivity index (χ3n) is 4.36. The largest absolute Gasteiger partial charge is 0.395 e. The molecule has 0 amide bonds. The Kier molecular flexibility index (Phi) is 5.18. The number of aliphatic hydroxyl groups excluding tert-OH is 1. The molecule has 3 aromatic rings. The molecule has 0 bridgehead atoms. The van der Waals surface area contributed by atoms with Crippen LogP contribution < -0.4 is 5.32 Å². The predicted octanol–water partition coefficient (Wildman–Crippen LogP) is 2.62. The van der Waals surface area contributed by atoms with Crippen LogP contribution in [0.25, 0.3) is 11.0 Å². The second-order valence-corrected chi connectivity index (χ2v) is 6.37. The van der Waals surface area contributed by atoms with E-state index in [-0.39, 0.29) is 18.7 Å². The van der Waals surface area contributed by atoms with E-state index in [0.717, 1.165) is 16.9 Å². The van der Waals surface area contributed by atoms with Crippen LogP contribution in [-0.2, 0) is 13.1 Å². The number of imidazole rings is 1. The summed E-state index contributed by atoms with van der Waals surface area (Å²) in [5, 5.41) is 17.8. The van der Waals surface area contributed by atoms with Gasteiger partial charge in [0.1, 0.15) is 5.82 Å². The second kappa shape index (κ2) is 7.34. The van der Waals surface area contributed by atoms with Crippen molar-refractivity contribution in [2.75, 3.05) is 6.61 Å². The van der Waals surface area contributed by atoms with Gasteiger partial charge in [-0.3, -0.25) is 4.68 Å². The highest BCUT2D eigenvalue weighted by molar-refractivity contribution is 6.31. The van der Waals surface area contributed by atoms with Gasteiger partial charge in [0.2, 0.25) is 0 Å². The van der Waals surface area contributed by atoms with Gasteiger partial charge in [0, 0.05) is 30.0 Å². The molecule has 2 heterocycles. The van der Waals surface area contributed by atoms with E-state index in [1.165, 1.54) is 0 Å². The van der Waals surface area contributed by atoms with Gasteiger partial charge in [0.15, 0.2) is 0 Å². The Labute approximate surface area is 146 Å². The smallest absolute Gasteiger partial charge is 0.123 e. The molecule has 0 aliphatic carbocycles. The second-order valence-electron chi connectivity index (χ2n) is 5.93. The zero-order valence-electron chi connectivity index (χ0n) is 13.9. The molecule has 0 aliphatic heterocycles. The van der Waals surface area contributed by atoms with Crippen molar-refractivity contribution >= 4 is 22.6 Å². The van der Waals surface area contributed by atoms with Gasteiger partial charge < -0.3 is 15.0 Å².